The van der Waals surface area contributed by atoms with Gasteiger partial charge >= 0.3 is 5.97 Å². The van der Waals surface area contributed by atoms with Crippen molar-refractivity contribution in [3.05, 3.63) is 45.2 Å². The van der Waals surface area contributed by atoms with Crippen molar-refractivity contribution in [1.82, 2.24) is 14.8 Å². The highest BCUT2D eigenvalue weighted by Crippen LogP contribution is 2.28. The van der Waals surface area contributed by atoms with Crippen molar-refractivity contribution < 1.29 is 18.8 Å². The molecule has 0 N–H and O–H groups in total. The predicted octanol–water partition coefficient (Wildman–Crippen LogP) is 1.75. The van der Waals surface area contributed by atoms with Crippen molar-refractivity contribution in [1.29, 1.82) is 0 Å². The van der Waals surface area contributed by atoms with E-state index in [0.717, 1.165) is 30.3 Å². The molecule has 8 nitrogen and oxygen atoms in total. The fraction of sp³-hybridized carbons (Fsp3) is 0.100. The topological polar surface area (TPSA) is 100 Å². The first-order valence-corrected chi connectivity index (χ1v) is 5.45. The molecule has 0 radical (unpaired) electrons. The molecule has 2 aromatic rings. The lowest BCUT2D eigenvalue weighted by Gasteiger charge is -2.03. The average Bonchev–Trinajstić information content (AvgIpc) is 2.89. The molecule has 0 aliphatic rings. The lowest BCUT2D eigenvalue weighted by atomic mass is 10.2. The molecule has 20 heavy (non-hydrogen) atoms. The molecule has 0 fully saturated rings. The molecule has 0 aliphatic carbocycles. The van der Waals surface area contributed by atoms with Gasteiger partial charge in [0.2, 0.25) is 0 Å². The fourth-order valence-corrected chi connectivity index (χ4v) is 1.58. The first-order chi connectivity index (χ1) is 9.43. The van der Waals surface area contributed by atoms with E-state index in [0.29, 0.717) is 0 Å². The maximum atomic E-state index is 13.4. The third-order valence-electron chi connectivity index (χ3n) is 2.32. The summed E-state index contributed by atoms with van der Waals surface area (Å²) in [5.74, 6) is -1.99. The third kappa shape index (κ3) is 2.43. The van der Waals surface area contributed by atoms with Crippen LogP contribution in [0.25, 0.3) is 5.69 Å². The summed E-state index contributed by atoms with van der Waals surface area (Å²) in [6, 6.07) is 1.68. The number of benzene rings is 1. The number of esters is 1. The number of nitro groups is 1. The molecule has 1 aromatic carbocycles. The van der Waals surface area contributed by atoms with Crippen LogP contribution < -0.4 is 0 Å². The van der Waals surface area contributed by atoms with Gasteiger partial charge in [-0.15, -0.1) is 5.10 Å². The van der Waals surface area contributed by atoms with E-state index in [4.69, 9.17) is 11.6 Å². The van der Waals surface area contributed by atoms with E-state index in [1.54, 1.807) is 0 Å². The zero-order valence-corrected chi connectivity index (χ0v) is 10.7. The van der Waals surface area contributed by atoms with Gasteiger partial charge in [0.05, 0.1) is 17.1 Å². The van der Waals surface area contributed by atoms with Crippen molar-refractivity contribution >= 4 is 23.3 Å². The predicted molar refractivity (Wildman–Crippen MR) is 64.3 cm³/mol. The number of halogens is 2. The highest BCUT2D eigenvalue weighted by Gasteiger charge is 2.21. The highest BCUT2D eigenvalue weighted by molar-refractivity contribution is 6.31. The second kappa shape index (κ2) is 5.21. The molecular weight excluding hydrogens is 295 g/mol. The summed E-state index contributed by atoms with van der Waals surface area (Å²) >= 11 is 5.50. The number of carbonyl (C=O) groups excluding carboxylic acids is 1. The smallest absolute Gasteiger partial charge is 0.377 e. The Morgan fingerprint density at radius 3 is 2.85 bits per heavy atom. The normalized spacial score (nSPS) is 10.3. The summed E-state index contributed by atoms with van der Waals surface area (Å²) < 4.78 is 18.7. The van der Waals surface area contributed by atoms with Crippen molar-refractivity contribution in [2.75, 3.05) is 7.11 Å². The Balaban J connectivity index is 2.57. The average molecular weight is 301 g/mol. The molecule has 0 amide bonds. The van der Waals surface area contributed by atoms with E-state index in [-0.39, 0.29) is 11.5 Å². The van der Waals surface area contributed by atoms with Crippen LogP contribution in [0.2, 0.25) is 5.02 Å². The van der Waals surface area contributed by atoms with Gasteiger partial charge in [-0.05, 0) is 0 Å². The Labute approximate surface area is 115 Å². The molecular formula is C10H6ClFN4O4. The lowest BCUT2D eigenvalue weighted by Crippen LogP contribution is -2.06. The molecule has 0 unspecified atom stereocenters. The number of ether oxygens (including phenoxy) is 1. The first kappa shape index (κ1) is 13.9. The zero-order chi connectivity index (χ0) is 14.9. The van der Waals surface area contributed by atoms with Gasteiger partial charge in [0, 0.05) is 12.1 Å². The Morgan fingerprint density at radius 1 is 1.55 bits per heavy atom. The van der Waals surface area contributed by atoms with Crippen LogP contribution in [-0.4, -0.2) is 32.8 Å². The number of methoxy groups -OCH3 is 1. The summed E-state index contributed by atoms with van der Waals surface area (Å²) in [6.45, 7) is 0. The van der Waals surface area contributed by atoms with Gasteiger partial charge in [0.25, 0.3) is 11.5 Å². The van der Waals surface area contributed by atoms with Gasteiger partial charge in [0.15, 0.2) is 0 Å². The Bertz CT molecular complexity index is 703. The summed E-state index contributed by atoms with van der Waals surface area (Å²) in [4.78, 5) is 25.0. The van der Waals surface area contributed by atoms with Crippen LogP contribution in [-0.2, 0) is 4.74 Å². The van der Waals surface area contributed by atoms with Crippen molar-refractivity contribution in [2.24, 2.45) is 0 Å². The molecule has 0 aliphatic heterocycles. The maximum Gasteiger partial charge on any atom is 0.377 e. The summed E-state index contributed by atoms with van der Waals surface area (Å²) in [6.07, 6.45) is 1.03. The molecule has 0 bridgehead atoms. The van der Waals surface area contributed by atoms with Crippen LogP contribution in [0.1, 0.15) is 10.6 Å². The summed E-state index contributed by atoms with van der Waals surface area (Å²) in [5.41, 5.74) is -0.683. The van der Waals surface area contributed by atoms with Crippen molar-refractivity contribution in [3.63, 3.8) is 0 Å². The van der Waals surface area contributed by atoms with E-state index in [9.17, 15) is 19.3 Å². The van der Waals surface area contributed by atoms with E-state index < -0.39 is 27.4 Å². The molecule has 0 spiro atoms. The quantitative estimate of drug-likeness (QED) is 0.486. The maximum absolute atomic E-state index is 13.4. The molecule has 0 saturated carbocycles. The first-order valence-electron chi connectivity index (χ1n) is 5.08. The monoisotopic (exact) mass is 300 g/mol. The van der Waals surface area contributed by atoms with E-state index in [2.05, 4.69) is 14.8 Å². The number of rotatable bonds is 3. The van der Waals surface area contributed by atoms with Gasteiger partial charge < -0.3 is 4.74 Å². The summed E-state index contributed by atoms with van der Waals surface area (Å²) in [7, 11) is 1.13. The molecule has 10 heteroatoms. The number of nitro benzene ring substituents is 1. The minimum Gasteiger partial charge on any atom is -0.463 e. The van der Waals surface area contributed by atoms with Gasteiger partial charge in [-0.25, -0.2) is 18.9 Å². The van der Waals surface area contributed by atoms with Crippen molar-refractivity contribution in [2.45, 2.75) is 0 Å². The SMILES string of the molecule is COC(=O)c1ncn(-c2cc(F)c(Cl)cc2[N+](=O)[O-])n1. The van der Waals surface area contributed by atoms with Gasteiger partial charge in [0.1, 0.15) is 17.8 Å². The van der Waals surface area contributed by atoms with Crippen molar-refractivity contribution in [3.8, 4) is 5.69 Å². The minimum absolute atomic E-state index is 0.209. The number of nitrogens with zero attached hydrogens (tertiary/aromatic N) is 4. The number of aromatic nitrogens is 3. The van der Waals surface area contributed by atoms with Crippen LogP contribution in [0.5, 0.6) is 0 Å². The highest BCUT2D eigenvalue weighted by atomic mass is 35.5. The van der Waals surface area contributed by atoms with Crippen LogP contribution in [0, 0.1) is 15.9 Å². The van der Waals surface area contributed by atoms with Crippen LogP contribution >= 0.6 is 11.6 Å². The van der Waals surface area contributed by atoms with Crippen LogP contribution in [0.15, 0.2) is 18.5 Å². The van der Waals surface area contributed by atoms with Crippen LogP contribution in [0.3, 0.4) is 0 Å². The van der Waals surface area contributed by atoms with Gasteiger partial charge in [-0.1, -0.05) is 11.6 Å². The van der Waals surface area contributed by atoms with E-state index in [1.807, 2.05) is 0 Å². The number of carbonyl (C=O) groups is 1. The Kier molecular flexibility index (Phi) is 3.61. The zero-order valence-electron chi connectivity index (χ0n) is 9.91. The molecule has 104 valence electrons. The van der Waals surface area contributed by atoms with Gasteiger partial charge in [-0.3, -0.25) is 10.1 Å². The molecule has 0 saturated heterocycles. The second-order valence-corrected chi connectivity index (χ2v) is 3.92. The Hall–Kier alpha value is -2.55. The summed E-state index contributed by atoms with van der Waals surface area (Å²) in [5, 5.41) is 14.2. The number of hydrogen-bond donors (Lipinski definition) is 0. The largest absolute Gasteiger partial charge is 0.463 e. The second-order valence-electron chi connectivity index (χ2n) is 3.52. The fourth-order valence-electron chi connectivity index (χ4n) is 1.42. The Morgan fingerprint density at radius 2 is 2.25 bits per heavy atom. The van der Waals surface area contributed by atoms with E-state index >= 15 is 0 Å². The standard InChI is InChI=1S/C10H6ClFN4O4/c1-20-10(17)9-13-4-15(14-9)7-3-6(12)5(11)2-8(7)16(18)19/h2-4H,1H3. The number of hydrogen-bond acceptors (Lipinski definition) is 6. The van der Waals surface area contributed by atoms with E-state index in [1.165, 1.54) is 0 Å². The minimum atomic E-state index is -0.859. The third-order valence-corrected chi connectivity index (χ3v) is 2.61. The molecule has 0 atom stereocenters. The molecule has 1 heterocycles. The molecule has 1 aromatic heterocycles. The van der Waals surface area contributed by atoms with Crippen LogP contribution in [0.4, 0.5) is 10.1 Å². The lowest BCUT2D eigenvalue weighted by molar-refractivity contribution is -0.384. The van der Waals surface area contributed by atoms with Gasteiger partial charge in [-0.2, -0.15) is 0 Å². The molecule has 2 rings (SSSR count).